The van der Waals surface area contributed by atoms with Crippen LogP contribution >= 0.6 is 0 Å². The second kappa shape index (κ2) is 3.35. The van der Waals surface area contributed by atoms with Gasteiger partial charge in [-0.25, -0.2) is 4.39 Å². The van der Waals surface area contributed by atoms with Crippen molar-refractivity contribution < 1.29 is 4.39 Å². The van der Waals surface area contributed by atoms with Gasteiger partial charge in [-0.15, -0.1) is 0 Å². The van der Waals surface area contributed by atoms with Gasteiger partial charge in [-0.05, 0) is 24.1 Å². The number of rotatable bonds is 2. The number of hydrogen-bond acceptors (Lipinski definition) is 0. The molecule has 0 saturated heterocycles. The molecule has 0 unspecified atom stereocenters. The van der Waals surface area contributed by atoms with E-state index in [-0.39, 0.29) is 5.82 Å². The lowest BCUT2D eigenvalue weighted by Gasteiger charge is -1.95. The molecule has 0 heterocycles. The Balaban J connectivity index is 2.69. The largest absolute Gasteiger partial charge is 0.207 e. The monoisotopic (exact) mass is 138 g/mol. The minimum absolute atomic E-state index is 0.153. The average Bonchev–Trinajstić information content (AvgIpc) is 1.95. The molecule has 0 amide bonds. The molecule has 0 aliphatic carbocycles. The summed E-state index contributed by atoms with van der Waals surface area (Å²) >= 11 is 0. The Morgan fingerprint density at radius 2 is 1.80 bits per heavy atom. The first kappa shape index (κ1) is 7.26. The predicted molar refractivity (Wildman–Crippen MR) is 40.4 cm³/mol. The summed E-state index contributed by atoms with van der Waals surface area (Å²) < 4.78 is 12.3. The van der Waals surface area contributed by atoms with Crippen molar-refractivity contribution in [2.45, 2.75) is 19.8 Å². The van der Waals surface area contributed by atoms with E-state index in [9.17, 15) is 4.39 Å². The summed E-state index contributed by atoms with van der Waals surface area (Å²) in [7, 11) is 0. The zero-order chi connectivity index (χ0) is 7.40. The van der Waals surface area contributed by atoms with Gasteiger partial charge in [0.15, 0.2) is 0 Å². The minimum atomic E-state index is -0.153. The second-order valence-corrected chi connectivity index (χ2v) is 2.38. The summed E-state index contributed by atoms with van der Waals surface area (Å²) in [6.45, 7) is 2.11. The normalized spacial score (nSPS) is 9.80. The number of halogens is 1. The van der Waals surface area contributed by atoms with Crippen molar-refractivity contribution in [3.05, 3.63) is 35.6 Å². The van der Waals surface area contributed by atoms with E-state index < -0.39 is 0 Å². The van der Waals surface area contributed by atoms with Crippen LogP contribution in [-0.2, 0) is 6.42 Å². The van der Waals surface area contributed by atoms with Crippen molar-refractivity contribution in [2.24, 2.45) is 0 Å². The molecule has 0 fully saturated rings. The molecule has 0 atom stereocenters. The average molecular weight is 138 g/mol. The van der Waals surface area contributed by atoms with Crippen molar-refractivity contribution in [1.29, 1.82) is 0 Å². The highest BCUT2D eigenvalue weighted by molar-refractivity contribution is 5.15. The first-order valence-electron chi connectivity index (χ1n) is 3.57. The van der Waals surface area contributed by atoms with Crippen LogP contribution in [0.3, 0.4) is 0 Å². The quantitative estimate of drug-likeness (QED) is 0.589. The van der Waals surface area contributed by atoms with Gasteiger partial charge >= 0.3 is 0 Å². The highest BCUT2D eigenvalue weighted by Crippen LogP contribution is 2.04. The fraction of sp³-hybridized carbons (Fsp3) is 0.333. The molecular formula is C9H11F. The summed E-state index contributed by atoms with van der Waals surface area (Å²) in [5.74, 6) is -0.153. The summed E-state index contributed by atoms with van der Waals surface area (Å²) in [5.41, 5.74) is 1.21. The van der Waals surface area contributed by atoms with Crippen LogP contribution in [0.2, 0.25) is 0 Å². The van der Waals surface area contributed by atoms with Gasteiger partial charge in [0, 0.05) is 0 Å². The van der Waals surface area contributed by atoms with E-state index in [0.29, 0.717) is 0 Å². The smallest absolute Gasteiger partial charge is 0.123 e. The van der Waals surface area contributed by atoms with Gasteiger partial charge in [-0.2, -0.15) is 0 Å². The van der Waals surface area contributed by atoms with E-state index in [1.807, 2.05) is 12.1 Å². The third-order valence-electron chi connectivity index (χ3n) is 1.45. The van der Waals surface area contributed by atoms with Gasteiger partial charge in [0.1, 0.15) is 5.82 Å². The predicted octanol–water partition coefficient (Wildman–Crippen LogP) is 2.78. The Morgan fingerprint density at radius 1 is 1.20 bits per heavy atom. The molecule has 0 N–H and O–H groups in total. The first-order valence-corrected chi connectivity index (χ1v) is 3.57. The van der Waals surface area contributed by atoms with Crippen molar-refractivity contribution >= 4 is 0 Å². The van der Waals surface area contributed by atoms with E-state index in [1.165, 1.54) is 17.7 Å². The SMILES string of the molecule is CCCc1ccc(F)cc1. The third-order valence-corrected chi connectivity index (χ3v) is 1.45. The van der Waals surface area contributed by atoms with Gasteiger partial charge < -0.3 is 0 Å². The zero-order valence-corrected chi connectivity index (χ0v) is 6.10. The lowest BCUT2D eigenvalue weighted by atomic mass is 10.1. The lowest BCUT2D eigenvalue weighted by molar-refractivity contribution is 0.627. The van der Waals surface area contributed by atoms with E-state index in [0.717, 1.165) is 12.8 Å². The third kappa shape index (κ3) is 1.83. The van der Waals surface area contributed by atoms with Crippen LogP contribution in [0.15, 0.2) is 24.3 Å². The summed E-state index contributed by atoms with van der Waals surface area (Å²) in [6.07, 6.45) is 2.16. The highest BCUT2D eigenvalue weighted by Gasteiger charge is 1.90. The number of benzene rings is 1. The Kier molecular flexibility index (Phi) is 2.43. The standard InChI is InChI=1S/C9H11F/c1-2-3-8-4-6-9(10)7-5-8/h4-7H,2-3H2,1H3. The fourth-order valence-electron chi connectivity index (χ4n) is 0.940. The summed E-state index contributed by atoms with van der Waals surface area (Å²) in [4.78, 5) is 0. The number of aryl methyl sites for hydroxylation is 1. The van der Waals surface area contributed by atoms with E-state index in [1.54, 1.807) is 0 Å². The Morgan fingerprint density at radius 3 is 2.30 bits per heavy atom. The van der Waals surface area contributed by atoms with Gasteiger partial charge in [0.2, 0.25) is 0 Å². The maximum Gasteiger partial charge on any atom is 0.123 e. The van der Waals surface area contributed by atoms with Gasteiger partial charge in [-0.1, -0.05) is 25.5 Å². The van der Waals surface area contributed by atoms with Crippen molar-refractivity contribution in [1.82, 2.24) is 0 Å². The molecule has 0 aliphatic rings. The molecule has 0 aliphatic heterocycles. The minimum Gasteiger partial charge on any atom is -0.207 e. The summed E-state index contributed by atoms with van der Waals surface area (Å²) in [6, 6.07) is 6.67. The molecule has 0 saturated carbocycles. The van der Waals surface area contributed by atoms with E-state index in [4.69, 9.17) is 0 Å². The Bertz CT molecular complexity index is 188. The molecular weight excluding hydrogens is 127 g/mol. The van der Waals surface area contributed by atoms with Crippen LogP contribution in [0, 0.1) is 5.82 Å². The van der Waals surface area contributed by atoms with E-state index >= 15 is 0 Å². The van der Waals surface area contributed by atoms with Gasteiger partial charge in [-0.3, -0.25) is 0 Å². The molecule has 1 rings (SSSR count). The van der Waals surface area contributed by atoms with Crippen LogP contribution in [-0.4, -0.2) is 0 Å². The molecule has 54 valence electrons. The number of hydrogen-bond donors (Lipinski definition) is 0. The fourth-order valence-corrected chi connectivity index (χ4v) is 0.940. The van der Waals surface area contributed by atoms with Gasteiger partial charge in [0.25, 0.3) is 0 Å². The summed E-state index contributed by atoms with van der Waals surface area (Å²) in [5, 5.41) is 0. The molecule has 1 heteroatoms. The van der Waals surface area contributed by atoms with Crippen LogP contribution < -0.4 is 0 Å². The molecule has 0 aromatic heterocycles. The van der Waals surface area contributed by atoms with Gasteiger partial charge in [0.05, 0.1) is 0 Å². The molecule has 1 aromatic carbocycles. The topological polar surface area (TPSA) is 0 Å². The molecule has 0 nitrogen and oxygen atoms in total. The Labute approximate surface area is 60.7 Å². The van der Waals surface area contributed by atoms with Crippen LogP contribution in [0.25, 0.3) is 0 Å². The van der Waals surface area contributed by atoms with Crippen molar-refractivity contribution in [2.75, 3.05) is 0 Å². The van der Waals surface area contributed by atoms with Crippen LogP contribution in [0.4, 0.5) is 4.39 Å². The maximum atomic E-state index is 12.3. The first-order chi connectivity index (χ1) is 4.83. The highest BCUT2D eigenvalue weighted by atomic mass is 19.1. The second-order valence-electron chi connectivity index (χ2n) is 2.38. The molecule has 0 radical (unpaired) electrons. The molecule has 0 bridgehead atoms. The maximum absolute atomic E-state index is 12.3. The van der Waals surface area contributed by atoms with Crippen molar-refractivity contribution in [3.8, 4) is 0 Å². The Hall–Kier alpha value is -0.850. The molecule has 1 aromatic rings. The zero-order valence-electron chi connectivity index (χ0n) is 6.10. The van der Waals surface area contributed by atoms with Crippen LogP contribution in [0.5, 0.6) is 0 Å². The lowest BCUT2D eigenvalue weighted by Crippen LogP contribution is -1.81. The van der Waals surface area contributed by atoms with E-state index in [2.05, 4.69) is 6.92 Å². The van der Waals surface area contributed by atoms with Crippen LogP contribution in [0.1, 0.15) is 18.9 Å². The molecule has 0 spiro atoms. The van der Waals surface area contributed by atoms with Crippen molar-refractivity contribution in [3.63, 3.8) is 0 Å². The molecule has 10 heavy (non-hydrogen) atoms.